The molecule has 1 aromatic carbocycles. The Kier molecular flexibility index (Phi) is 4.55. The number of carbonyl (C=O) groups is 1. The lowest BCUT2D eigenvalue weighted by atomic mass is 9.79. The van der Waals surface area contributed by atoms with Gasteiger partial charge in [0.25, 0.3) is 5.41 Å². The summed E-state index contributed by atoms with van der Waals surface area (Å²) in [5.74, 6) is 0. The van der Waals surface area contributed by atoms with Gasteiger partial charge in [0.2, 0.25) is 0 Å². The normalized spacial score (nSPS) is 14.0. The standard InChI is InChI=1S/C12H7F9O/c13-10(14,15)9(11(16,17)18,12(19,20)21)5-7-1-3-8(6-22)4-2-7/h1-4,6H,5H2. The van der Waals surface area contributed by atoms with Crippen LogP contribution in [0, 0.1) is 5.41 Å². The Morgan fingerprint density at radius 1 is 0.727 bits per heavy atom. The molecule has 0 saturated heterocycles. The fourth-order valence-electron chi connectivity index (χ4n) is 1.80. The van der Waals surface area contributed by atoms with E-state index in [9.17, 15) is 44.3 Å². The molecule has 0 aromatic heterocycles. The fourth-order valence-corrected chi connectivity index (χ4v) is 1.80. The van der Waals surface area contributed by atoms with Gasteiger partial charge >= 0.3 is 18.5 Å². The van der Waals surface area contributed by atoms with Gasteiger partial charge in [0.1, 0.15) is 6.29 Å². The van der Waals surface area contributed by atoms with Crippen LogP contribution in [0.4, 0.5) is 39.5 Å². The molecule has 0 N–H and O–H groups in total. The molecule has 1 aromatic rings. The van der Waals surface area contributed by atoms with Crippen molar-refractivity contribution in [2.24, 2.45) is 5.41 Å². The lowest BCUT2D eigenvalue weighted by molar-refractivity contribution is -0.426. The number of alkyl halides is 9. The van der Waals surface area contributed by atoms with Gasteiger partial charge in [-0.3, -0.25) is 4.79 Å². The second kappa shape index (κ2) is 5.47. The summed E-state index contributed by atoms with van der Waals surface area (Å²) in [6.45, 7) is 0. The molecule has 0 bridgehead atoms. The third-order valence-electron chi connectivity index (χ3n) is 3.04. The highest BCUT2D eigenvalue weighted by atomic mass is 19.4. The first-order chi connectivity index (χ1) is 9.76. The molecule has 0 atom stereocenters. The average molecular weight is 338 g/mol. The van der Waals surface area contributed by atoms with Crippen LogP contribution in [0.25, 0.3) is 0 Å². The van der Waals surface area contributed by atoms with Gasteiger partial charge in [0, 0.05) is 12.0 Å². The highest BCUT2D eigenvalue weighted by Gasteiger charge is 2.83. The van der Waals surface area contributed by atoms with Crippen LogP contribution in [0.3, 0.4) is 0 Å². The van der Waals surface area contributed by atoms with E-state index in [1.54, 1.807) is 0 Å². The van der Waals surface area contributed by atoms with Crippen LogP contribution in [0.5, 0.6) is 0 Å². The number of carbonyl (C=O) groups excluding carboxylic acids is 1. The minimum Gasteiger partial charge on any atom is -0.298 e. The van der Waals surface area contributed by atoms with Crippen molar-refractivity contribution in [3.8, 4) is 0 Å². The molecule has 0 aliphatic rings. The summed E-state index contributed by atoms with van der Waals surface area (Å²) in [5.41, 5.74) is -6.83. The van der Waals surface area contributed by atoms with Crippen molar-refractivity contribution in [3.05, 3.63) is 35.4 Å². The van der Waals surface area contributed by atoms with E-state index in [4.69, 9.17) is 0 Å². The molecular weight excluding hydrogens is 331 g/mol. The fraction of sp³-hybridized carbons (Fsp3) is 0.417. The van der Waals surface area contributed by atoms with Gasteiger partial charge in [0.15, 0.2) is 0 Å². The lowest BCUT2D eigenvalue weighted by Gasteiger charge is -2.38. The maximum atomic E-state index is 12.7. The molecule has 0 aliphatic heterocycles. The summed E-state index contributed by atoms with van der Waals surface area (Å²) in [4.78, 5) is 10.3. The van der Waals surface area contributed by atoms with Gasteiger partial charge < -0.3 is 0 Å². The Morgan fingerprint density at radius 2 is 1.09 bits per heavy atom. The van der Waals surface area contributed by atoms with Crippen LogP contribution in [0.15, 0.2) is 24.3 Å². The minimum absolute atomic E-state index is 0.0969. The number of rotatable bonds is 3. The van der Waals surface area contributed by atoms with E-state index in [1.165, 1.54) is 0 Å². The molecule has 0 radical (unpaired) electrons. The number of hydrogen-bond donors (Lipinski definition) is 0. The van der Waals surface area contributed by atoms with Crippen molar-refractivity contribution in [2.45, 2.75) is 24.9 Å². The first-order valence-corrected chi connectivity index (χ1v) is 5.50. The number of hydrogen-bond acceptors (Lipinski definition) is 1. The second-order valence-electron chi connectivity index (χ2n) is 4.43. The first kappa shape index (κ1) is 18.3. The zero-order chi connectivity index (χ0) is 17.4. The number of halogens is 9. The summed E-state index contributed by atoms with van der Waals surface area (Å²) < 4.78 is 114. The zero-order valence-corrected chi connectivity index (χ0v) is 10.4. The second-order valence-corrected chi connectivity index (χ2v) is 4.43. The first-order valence-electron chi connectivity index (χ1n) is 5.50. The van der Waals surface area contributed by atoms with Gasteiger partial charge in [-0.2, -0.15) is 39.5 Å². The smallest absolute Gasteiger partial charge is 0.298 e. The van der Waals surface area contributed by atoms with Crippen LogP contribution >= 0.6 is 0 Å². The Labute approximate surface area is 117 Å². The van der Waals surface area contributed by atoms with E-state index in [2.05, 4.69) is 0 Å². The summed E-state index contributed by atoms with van der Waals surface area (Å²) in [7, 11) is 0. The molecule has 22 heavy (non-hydrogen) atoms. The monoisotopic (exact) mass is 338 g/mol. The molecule has 0 aliphatic carbocycles. The number of benzene rings is 1. The van der Waals surface area contributed by atoms with Crippen molar-refractivity contribution < 1.29 is 44.3 Å². The third kappa shape index (κ3) is 3.05. The van der Waals surface area contributed by atoms with Gasteiger partial charge in [-0.05, 0) is 5.56 Å². The summed E-state index contributed by atoms with van der Waals surface area (Å²) in [6.07, 6.45) is -21.9. The Bertz CT molecular complexity index is 485. The minimum atomic E-state index is -6.59. The SMILES string of the molecule is O=Cc1ccc(CC(C(F)(F)F)(C(F)(F)F)C(F)(F)F)cc1. The molecular formula is C12H7F9O. The van der Waals surface area contributed by atoms with E-state index < -0.39 is 35.9 Å². The molecule has 1 nitrogen and oxygen atoms in total. The van der Waals surface area contributed by atoms with Crippen LogP contribution in [0.2, 0.25) is 0 Å². The van der Waals surface area contributed by atoms with E-state index in [-0.39, 0.29) is 11.8 Å². The van der Waals surface area contributed by atoms with Gasteiger partial charge in [-0.15, -0.1) is 0 Å². The van der Waals surface area contributed by atoms with Gasteiger partial charge in [-0.25, -0.2) is 0 Å². The topological polar surface area (TPSA) is 17.1 Å². The highest BCUT2D eigenvalue weighted by Crippen LogP contribution is 2.60. The predicted octanol–water partition coefficient (Wildman–Crippen LogP) is 4.71. The Hall–Kier alpha value is -1.74. The average Bonchev–Trinajstić information content (AvgIpc) is 2.32. The van der Waals surface area contributed by atoms with Crippen molar-refractivity contribution in [1.29, 1.82) is 0 Å². The largest absolute Gasteiger partial charge is 0.412 e. The number of aldehydes is 1. The summed E-state index contributed by atoms with van der Waals surface area (Å²) in [6, 6.07) is 2.88. The van der Waals surface area contributed by atoms with E-state index in [1.807, 2.05) is 0 Å². The van der Waals surface area contributed by atoms with Gasteiger partial charge in [-0.1, -0.05) is 24.3 Å². The Balaban J connectivity index is 3.46. The van der Waals surface area contributed by atoms with Crippen LogP contribution < -0.4 is 0 Å². The van der Waals surface area contributed by atoms with E-state index in [0.29, 0.717) is 12.1 Å². The van der Waals surface area contributed by atoms with Crippen molar-refractivity contribution in [2.75, 3.05) is 0 Å². The molecule has 0 amide bonds. The third-order valence-corrected chi connectivity index (χ3v) is 3.04. The van der Waals surface area contributed by atoms with Crippen molar-refractivity contribution in [3.63, 3.8) is 0 Å². The zero-order valence-electron chi connectivity index (χ0n) is 10.4. The molecule has 0 fully saturated rings. The summed E-state index contributed by atoms with van der Waals surface area (Å²) >= 11 is 0. The molecule has 0 unspecified atom stereocenters. The summed E-state index contributed by atoms with van der Waals surface area (Å²) in [5, 5.41) is 0. The maximum Gasteiger partial charge on any atom is 0.412 e. The van der Waals surface area contributed by atoms with Crippen LogP contribution in [-0.2, 0) is 6.42 Å². The quantitative estimate of drug-likeness (QED) is 0.576. The highest BCUT2D eigenvalue weighted by molar-refractivity contribution is 5.74. The Morgan fingerprint density at radius 3 is 1.36 bits per heavy atom. The van der Waals surface area contributed by atoms with E-state index >= 15 is 0 Å². The molecule has 1 rings (SSSR count). The lowest BCUT2D eigenvalue weighted by Crippen LogP contribution is -2.60. The van der Waals surface area contributed by atoms with Crippen molar-refractivity contribution in [1.82, 2.24) is 0 Å². The molecule has 0 spiro atoms. The van der Waals surface area contributed by atoms with Crippen LogP contribution in [0.1, 0.15) is 15.9 Å². The maximum absolute atomic E-state index is 12.7. The molecule has 0 heterocycles. The van der Waals surface area contributed by atoms with Crippen molar-refractivity contribution >= 4 is 6.29 Å². The van der Waals surface area contributed by atoms with Gasteiger partial charge in [0.05, 0.1) is 0 Å². The molecule has 10 heteroatoms. The van der Waals surface area contributed by atoms with E-state index in [0.717, 1.165) is 12.1 Å². The predicted molar refractivity (Wildman–Crippen MR) is 56.1 cm³/mol. The molecule has 124 valence electrons. The molecule has 0 saturated carbocycles. The van der Waals surface area contributed by atoms with Crippen LogP contribution in [-0.4, -0.2) is 24.8 Å².